The molecule has 1 aromatic rings. The Bertz CT molecular complexity index is 724. The highest BCUT2D eigenvalue weighted by molar-refractivity contribution is 7.89. The van der Waals surface area contributed by atoms with Crippen LogP contribution < -0.4 is 15.4 Å². The van der Waals surface area contributed by atoms with Crippen LogP contribution in [-0.2, 0) is 14.8 Å². The Kier molecular flexibility index (Phi) is 12.0. The number of piperazine rings is 1. The number of carbonyl (C=O) groups excluding carboxylic acids is 1. The number of anilines is 1. The summed E-state index contributed by atoms with van der Waals surface area (Å²) in [5.74, 6) is 0.236. The predicted octanol–water partition coefficient (Wildman–Crippen LogP) is 1.41. The number of rotatable bonds is 8. The van der Waals surface area contributed by atoms with Crippen LogP contribution in [0.2, 0.25) is 0 Å². The van der Waals surface area contributed by atoms with Crippen LogP contribution in [0.4, 0.5) is 5.69 Å². The van der Waals surface area contributed by atoms with Gasteiger partial charge in [-0.1, -0.05) is 13.8 Å². The Morgan fingerprint density at radius 2 is 1.82 bits per heavy atom. The van der Waals surface area contributed by atoms with E-state index in [0.29, 0.717) is 24.5 Å². The average molecular weight is 457 g/mol. The van der Waals surface area contributed by atoms with Gasteiger partial charge in [0.05, 0.1) is 24.2 Å². The van der Waals surface area contributed by atoms with E-state index in [2.05, 4.69) is 15.5 Å². The van der Waals surface area contributed by atoms with Crippen molar-refractivity contribution in [3.8, 4) is 5.75 Å². The van der Waals surface area contributed by atoms with E-state index < -0.39 is 10.0 Å². The van der Waals surface area contributed by atoms with Gasteiger partial charge in [0.1, 0.15) is 5.75 Å². The van der Waals surface area contributed by atoms with Gasteiger partial charge in [0.2, 0.25) is 15.9 Å². The highest BCUT2D eigenvalue weighted by Crippen LogP contribution is 2.29. The Hall–Kier alpha value is -1.10. The van der Waals surface area contributed by atoms with Gasteiger partial charge in [-0.25, -0.2) is 8.42 Å². The van der Waals surface area contributed by atoms with Crippen LogP contribution in [0.15, 0.2) is 23.1 Å². The molecule has 1 aromatic carbocycles. The number of nitrogens with one attached hydrogen (secondary N) is 2. The predicted molar refractivity (Wildman–Crippen MR) is 116 cm³/mol. The van der Waals surface area contributed by atoms with E-state index in [1.54, 1.807) is 19.9 Å². The van der Waals surface area contributed by atoms with E-state index in [4.69, 9.17) is 4.74 Å². The lowest BCUT2D eigenvalue weighted by Gasteiger charge is -2.26. The second-order valence-electron chi connectivity index (χ2n) is 6.03. The lowest BCUT2D eigenvalue weighted by Crippen LogP contribution is -2.46. The number of benzene rings is 1. The fraction of sp³-hybridized carbons (Fsp3) is 0.588. The Morgan fingerprint density at radius 3 is 2.36 bits per heavy atom. The average Bonchev–Trinajstić information content (AvgIpc) is 2.63. The van der Waals surface area contributed by atoms with E-state index in [0.717, 1.165) is 26.2 Å². The van der Waals surface area contributed by atoms with Crippen molar-refractivity contribution < 1.29 is 17.9 Å². The Morgan fingerprint density at radius 1 is 1.21 bits per heavy atom. The number of nitrogens with zero attached hydrogens (tertiary/aromatic N) is 2. The molecule has 2 N–H and O–H groups in total. The van der Waals surface area contributed by atoms with Crippen molar-refractivity contribution in [2.24, 2.45) is 0 Å². The van der Waals surface area contributed by atoms with Crippen LogP contribution in [0.5, 0.6) is 5.75 Å². The fourth-order valence-corrected chi connectivity index (χ4v) is 4.40. The largest absolute Gasteiger partial charge is 0.495 e. The van der Waals surface area contributed by atoms with Crippen molar-refractivity contribution in [3.05, 3.63) is 18.2 Å². The molecule has 2 rings (SSSR count). The molecule has 0 saturated carbocycles. The number of hydrogen-bond donors (Lipinski definition) is 2. The van der Waals surface area contributed by atoms with Gasteiger partial charge in [0.25, 0.3) is 0 Å². The van der Waals surface area contributed by atoms with Crippen LogP contribution in [0.3, 0.4) is 0 Å². The topological polar surface area (TPSA) is 91.0 Å². The zero-order valence-corrected chi connectivity index (χ0v) is 18.9. The summed E-state index contributed by atoms with van der Waals surface area (Å²) < 4.78 is 32.1. The molecule has 1 aliphatic rings. The highest BCUT2D eigenvalue weighted by atomic mass is 35.5. The molecular weight excluding hydrogens is 427 g/mol. The number of methoxy groups -OCH3 is 1. The minimum absolute atomic E-state index is 0. The Labute approximate surface area is 179 Å². The van der Waals surface area contributed by atoms with E-state index in [9.17, 15) is 13.2 Å². The number of amides is 1. The van der Waals surface area contributed by atoms with Gasteiger partial charge in [-0.15, -0.1) is 24.8 Å². The van der Waals surface area contributed by atoms with Crippen molar-refractivity contribution in [1.82, 2.24) is 14.5 Å². The zero-order valence-electron chi connectivity index (χ0n) is 16.4. The summed E-state index contributed by atoms with van der Waals surface area (Å²) >= 11 is 0. The number of hydrogen-bond acceptors (Lipinski definition) is 6. The van der Waals surface area contributed by atoms with Gasteiger partial charge in [-0.05, 0) is 18.2 Å². The van der Waals surface area contributed by atoms with E-state index in [1.165, 1.54) is 23.5 Å². The van der Waals surface area contributed by atoms with Gasteiger partial charge < -0.3 is 15.4 Å². The third kappa shape index (κ3) is 6.75. The normalized spacial score (nSPS) is 14.7. The van der Waals surface area contributed by atoms with Crippen LogP contribution in [0.1, 0.15) is 13.8 Å². The first-order chi connectivity index (χ1) is 12.4. The molecule has 1 amide bonds. The monoisotopic (exact) mass is 456 g/mol. The molecule has 0 bridgehead atoms. The minimum atomic E-state index is -3.60. The summed E-state index contributed by atoms with van der Waals surface area (Å²) in [6, 6.07) is 4.53. The lowest BCUT2D eigenvalue weighted by atomic mass is 10.3. The Balaban J connectivity index is 0.00000364. The number of carbonyl (C=O) groups is 1. The third-order valence-electron chi connectivity index (χ3n) is 4.37. The quantitative estimate of drug-likeness (QED) is 0.614. The van der Waals surface area contributed by atoms with Crippen LogP contribution in [-0.4, -0.2) is 76.5 Å². The summed E-state index contributed by atoms with van der Waals surface area (Å²) in [5.41, 5.74) is 0.362. The first-order valence-corrected chi connectivity index (χ1v) is 10.3. The molecule has 0 aliphatic carbocycles. The van der Waals surface area contributed by atoms with E-state index >= 15 is 0 Å². The number of ether oxygens (including phenoxy) is 1. The minimum Gasteiger partial charge on any atom is -0.495 e. The molecule has 0 aromatic heterocycles. The standard InChI is InChI=1S/C17H28N4O4S.2ClH/c1-4-21(5-2)26(23,24)14-6-7-16(25-3)15(12-14)19-17(22)13-20-10-8-18-9-11-20;;/h6-7,12,18H,4-5,8-11,13H2,1-3H3,(H,19,22);2*1H. The maximum Gasteiger partial charge on any atom is 0.243 e. The molecule has 0 radical (unpaired) electrons. The molecule has 1 fully saturated rings. The first kappa shape index (κ1) is 26.9. The number of halogens is 2. The van der Waals surface area contributed by atoms with Crippen molar-refractivity contribution in [1.29, 1.82) is 0 Å². The first-order valence-electron chi connectivity index (χ1n) is 8.83. The molecule has 1 heterocycles. The van der Waals surface area contributed by atoms with Crippen molar-refractivity contribution >= 4 is 46.4 Å². The summed E-state index contributed by atoms with van der Waals surface area (Å²) in [5, 5.41) is 6.02. The summed E-state index contributed by atoms with van der Waals surface area (Å²) in [4.78, 5) is 14.6. The highest BCUT2D eigenvalue weighted by Gasteiger charge is 2.23. The lowest BCUT2D eigenvalue weighted by molar-refractivity contribution is -0.117. The van der Waals surface area contributed by atoms with Crippen LogP contribution >= 0.6 is 24.8 Å². The van der Waals surface area contributed by atoms with Crippen molar-refractivity contribution in [2.75, 3.05) is 58.2 Å². The second kappa shape index (κ2) is 12.5. The fourth-order valence-electron chi connectivity index (χ4n) is 2.92. The van der Waals surface area contributed by atoms with E-state index in [1.807, 2.05) is 0 Å². The molecule has 0 spiro atoms. The van der Waals surface area contributed by atoms with Gasteiger partial charge in [-0.3, -0.25) is 9.69 Å². The molecule has 8 nitrogen and oxygen atoms in total. The molecular formula is C17H30Cl2N4O4S. The molecule has 1 saturated heterocycles. The molecule has 11 heteroatoms. The summed E-state index contributed by atoms with van der Waals surface area (Å²) in [7, 11) is -2.12. The number of sulfonamides is 1. The van der Waals surface area contributed by atoms with E-state index in [-0.39, 0.29) is 42.2 Å². The smallest absolute Gasteiger partial charge is 0.243 e. The maximum atomic E-state index is 12.7. The van der Waals surface area contributed by atoms with Crippen LogP contribution in [0.25, 0.3) is 0 Å². The van der Waals surface area contributed by atoms with Gasteiger partial charge in [0.15, 0.2) is 0 Å². The van der Waals surface area contributed by atoms with Crippen molar-refractivity contribution in [2.45, 2.75) is 18.7 Å². The van der Waals surface area contributed by atoms with Crippen LogP contribution in [0, 0.1) is 0 Å². The van der Waals surface area contributed by atoms with Gasteiger partial charge in [0, 0.05) is 39.3 Å². The molecule has 28 heavy (non-hydrogen) atoms. The second-order valence-corrected chi connectivity index (χ2v) is 7.96. The molecule has 0 atom stereocenters. The molecule has 0 unspecified atom stereocenters. The zero-order chi connectivity index (χ0) is 19.2. The van der Waals surface area contributed by atoms with Gasteiger partial charge in [-0.2, -0.15) is 4.31 Å². The third-order valence-corrected chi connectivity index (χ3v) is 6.41. The summed E-state index contributed by atoms with van der Waals surface area (Å²) in [6.07, 6.45) is 0. The van der Waals surface area contributed by atoms with Gasteiger partial charge >= 0.3 is 0 Å². The van der Waals surface area contributed by atoms with Crippen molar-refractivity contribution in [3.63, 3.8) is 0 Å². The SMILES string of the molecule is CCN(CC)S(=O)(=O)c1ccc(OC)c(NC(=O)CN2CCNCC2)c1.Cl.Cl. The maximum absolute atomic E-state index is 12.7. The molecule has 162 valence electrons. The summed E-state index contributed by atoms with van der Waals surface area (Å²) in [6.45, 7) is 7.94. The molecule has 1 aliphatic heterocycles.